The van der Waals surface area contributed by atoms with Gasteiger partial charge in [-0.05, 0) is 58.5 Å². The Morgan fingerprint density at radius 1 is 1.28 bits per heavy atom. The molecule has 1 aromatic heterocycles. The molecule has 2 atom stereocenters. The monoisotopic (exact) mass is 484 g/mol. The van der Waals surface area contributed by atoms with E-state index >= 15 is 4.39 Å². The van der Waals surface area contributed by atoms with E-state index in [1.807, 2.05) is 0 Å². The van der Waals surface area contributed by atoms with Gasteiger partial charge in [0.15, 0.2) is 0 Å². The Kier molecular flexibility index (Phi) is 6.11. The van der Waals surface area contributed by atoms with Gasteiger partial charge in [-0.25, -0.2) is 17.8 Å². The summed E-state index contributed by atoms with van der Waals surface area (Å²) in [7, 11) is -0.209. The summed E-state index contributed by atoms with van der Waals surface area (Å²) < 4.78 is 56.5. The molecule has 2 aromatic rings. The van der Waals surface area contributed by atoms with E-state index in [0.29, 0.717) is 11.7 Å². The molecular formula is C22H27ClF2N4O2S. The molecule has 1 saturated carbocycles. The predicted octanol–water partition coefficient (Wildman–Crippen LogP) is 4.43. The smallest absolute Gasteiger partial charge is 0.267 e. The normalized spacial score (nSPS) is 23.5. The van der Waals surface area contributed by atoms with Gasteiger partial charge >= 0.3 is 0 Å². The third-order valence-electron chi connectivity index (χ3n) is 6.82. The van der Waals surface area contributed by atoms with Crippen molar-refractivity contribution < 1.29 is 17.2 Å². The minimum Gasteiger partial charge on any atom is -0.371 e. The van der Waals surface area contributed by atoms with Crippen molar-refractivity contribution in [1.82, 2.24) is 9.88 Å². The first-order valence-electron chi connectivity index (χ1n) is 10.6. The number of nitrogens with one attached hydrogen (secondary N) is 1. The molecule has 4 rings (SSSR count). The van der Waals surface area contributed by atoms with Crippen LogP contribution in [0.25, 0.3) is 0 Å². The van der Waals surface area contributed by atoms with E-state index in [2.05, 4.69) is 33.6 Å². The lowest BCUT2D eigenvalue weighted by atomic mass is 9.81. The molecule has 0 amide bonds. The number of benzene rings is 1. The van der Waals surface area contributed by atoms with E-state index in [9.17, 15) is 12.8 Å². The fourth-order valence-corrected chi connectivity index (χ4v) is 7.10. The molecule has 6 nitrogen and oxygen atoms in total. The summed E-state index contributed by atoms with van der Waals surface area (Å²) in [6.07, 6.45) is 4.44. The minimum absolute atomic E-state index is 0.147. The van der Waals surface area contributed by atoms with Crippen LogP contribution in [0.3, 0.4) is 0 Å². The predicted molar refractivity (Wildman–Crippen MR) is 122 cm³/mol. The summed E-state index contributed by atoms with van der Waals surface area (Å²) in [6, 6.07) is 5.65. The summed E-state index contributed by atoms with van der Waals surface area (Å²) in [5.41, 5.74) is 0.976. The number of anilines is 2. The van der Waals surface area contributed by atoms with Crippen molar-refractivity contribution in [3.8, 4) is 0 Å². The van der Waals surface area contributed by atoms with Crippen LogP contribution in [0.4, 0.5) is 20.3 Å². The van der Waals surface area contributed by atoms with Crippen LogP contribution in [0.2, 0.25) is 5.02 Å². The average molecular weight is 485 g/mol. The van der Waals surface area contributed by atoms with Gasteiger partial charge in [0.2, 0.25) is 5.95 Å². The first-order valence-corrected chi connectivity index (χ1v) is 12.5. The van der Waals surface area contributed by atoms with E-state index in [4.69, 9.17) is 11.6 Å². The second-order valence-corrected chi connectivity index (χ2v) is 11.0. The molecule has 2 heterocycles. The van der Waals surface area contributed by atoms with Gasteiger partial charge in [0, 0.05) is 35.8 Å². The first kappa shape index (κ1) is 23.2. The van der Waals surface area contributed by atoms with Crippen molar-refractivity contribution in [3.63, 3.8) is 0 Å². The van der Waals surface area contributed by atoms with Gasteiger partial charge in [0.25, 0.3) is 10.0 Å². The highest BCUT2D eigenvalue weighted by Crippen LogP contribution is 2.49. The maximum Gasteiger partial charge on any atom is 0.267 e. The molecule has 32 heavy (non-hydrogen) atoms. The molecule has 2 aliphatic rings. The fourth-order valence-electron chi connectivity index (χ4n) is 5.41. The van der Waals surface area contributed by atoms with Crippen LogP contribution >= 0.6 is 11.6 Å². The zero-order valence-electron chi connectivity index (χ0n) is 18.3. The summed E-state index contributed by atoms with van der Waals surface area (Å²) in [5.74, 6) is -2.01. The van der Waals surface area contributed by atoms with Gasteiger partial charge in [-0.2, -0.15) is 4.39 Å². The highest BCUT2D eigenvalue weighted by molar-refractivity contribution is 7.92. The van der Waals surface area contributed by atoms with Crippen LogP contribution in [0.1, 0.15) is 31.2 Å². The van der Waals surface area contributed by atoms with Gasteiger partial charge < -0.3 is 9.80 Å². The van der Waals surface area contributed by atoms with Crippen molar-refractivity contribution >= 4 is 33.1 Å². The third kappa shape index (κ3) is 4.06. The topological polar surface area (TPSA) is 65.5 Å². The average Bonchev–Trinajstić information content (AvgIpc) is 3.31. The van der Waals surface area contributed by atoms with E-state index in [1.165, 1.54) is 24.6 Å². The van der Waals surface area contributed by atoms with Gasteiger partial charge in [-0.15, -0.1) is 0 Å². The molecule has 0 unspecified atom stereocenters. The largest absolute Gasteiger partial charge is 0.371 e. The molecule has 1 N–H and O–H groups in total. The molecule has 0 radical (unpaired) electrons. The van der Waals surface area contributed by atoms with E-state index in [-0.39, 0.29) is 21.8 Å². The lowest BCUT2D eigenvalue weighted by molar-refractivity contribution is 0.153. The molecule has 174 valence electrons. The second-order valence-electron chi connectivity index (χ2n) is 9.00. The van der Waals surface area contributed by atoms with E-state index in [0.717, 1.165) is 38.4 Å². The third-order valence-corrected chi connectivity index (χ3v) is 8.65. The van der Waals surface area contributed by atoms with Gasteiger partial charge in [0.05, 0.1) is 5.02 Å². The molecule has 1 spiro atoms. The highest BCUT2D eigenvalue weighted by atomic mass is 35.5. The SMILES string of the molecule is Cc1c(N2CC[C@]3(CCC[C@@H]3N(C)C)C2)cc(Cl)c(S(=O)(=O)Nc2cccc(F)n2)c1F. The summed E-state index contributed by atoms with van der Waals surface area (Å²) >= 11 is 6.31. The van der Waals surface area contributed by atoms with Crippen LogP contribution in [-0.4, -0.2) is 51.5 Å². The standard InChI is InChI=1S/C22H27ClF2N4O2S/c1-14-16(29-11-10-22(13-29)9-5-6-17(22)28(2)3)12-15(23)21(20(14)25)32(30,31)27-19-8-4-7-18(24)26-19/h4,7-8,12,17H,5-6,9-11,13H2,1-3H3,(H,26,27)/t17-,22+/m0/s1. The highest BCUT2D eigenvalue weighted by Gasteiger charge is 2.48. The Morgan fingerprint density at radius 3 is 2.72 bits per heavy atom. The molecule has 10 heteroatoms. The van der Waals surface area contributed by atoms with Crippen LogP contribution in [0, 0.1) is 24.1 Å². The maximum absolute atomic E-state index is 15.4. The number of sulfonamides is 1. The zero-order chi connectivity index (χ0) is 23.3. The summed E-state index contributed by atoms with van der Waals surface area (Å²) in [5, 5.41) is -0.219. The van der Waals surface area contributed by atoms with Gasteiger partial charge in [-0.1, -0.05) is 24.1 Å². The zero-order valence-corrected chi connectivity index (χ0v) is 19.9. The Balaban J connectivity index is 1.65. The van der Waals surface area contributed by atoms with Gasteiger partial charge in [0.1, 0.15) is 16.5 Å². The number of aromatic nitrogens is 1. The van der Waals surface area contributed by atoms with Crippen LogP contribution in [-0.2, 0) is 10.0 Å². The van der Waals surface area contributed by atoms with Crippen molar-refractivity contribution in [3.05, 3.63) is 46.6 Å². The molecule has 1 aromatic carbocycles. The second kappa shape index (κ2) is 8.43. The number of hydrogen-bond acceptors (Lipinski definition) is 5. The number of hydrogen-bond donors (Lipinski definition) is 1. The quantitative estimate of drug-likeness (QED) is 0.636. The van der Waals surface area contributed by atoms with Crippen LogP contribution < -0.4 is 9.62 Å². The number of rotatable bonds is 5. The Labute approximate surface area is 192 Å². The van der Waals surface area contributed by atoms with Crippen LogP contribution in [0.5, 0.6) is 0 Å². The number of pyridine rings is 1. The lowest BCUT2D eigenvalue weighted by Crippen LogP contribution is -2.42. The Hall–Kier alpha value is -1.97. The first-order chi connectivity index (χ1) is 15.0. The number of halogens is 3. The van der Waals surface area contributed by atoms with Gasteiger partial charge in [-0.3, -0.25) is 4.72 Å². The maximum atomic E-state index is 15.4. The Bertz CT molecular complexity index is 1140. The number of nitrogens with zero attached hydrogens (tertiary/aromatic N) is 3. The van der Waals surface area contributed by atoms with Crippen LogP contribution in [0.15, 0.2) is 29.2 Å². The fraction of sp³-hybridized carbons (Fsp3) is 0.500. The molecular weight excluding hydrogens is 458 g/mol. The lowest BCUT2D eigenvalue weighted by Gasteiger charge is -2.36. The van der Waals surface area contributed by atoms with E-state index < -0.39 is 26.7 Å². The molecule has 0 bridgehead atoms. The van der Waals surface area contributed by atoms with Crippen molar-refractivity contribution in [1.29, 1.82) is 0 Å². The summed E-state index contributed by atoms with van der Waals surface area (Å²) in [6.45, 7) is 3.10. The molecule has 1 aliphatic heterocycles. The molecule has 1 saturated heterocycles. The van der Waals surface area contributed by atoms with Crippen molar-refractivity contribution in [2.75, 3.05) is 36.8 Å². The minimum atomic E-state index is -4.41. The Morgan fingerprint density at radius 2 is 2.03 bits per heavy atom. The van der Waals surface area contributed by atoms with Crippen molar-refractivity contribution in [2.24, 2.45) is 5.41 Å². The van der Waals surface area contributed by atoms with E-state index in [1.54, 1.807) is 6.92 Å². The van der Waals surface area contributed by atoms with Crippen molar-refractivity contribution in [2.45, 2.75) is 43.5 Å². The summed E-state index contributed by atoms with van der Waals surface area (Å²) in [4.78, 5) is 7.21. The molecule has 1 aliphatic carbocycles. The molecule has 2 fully saturated rings.